The Labute approximate surface area is 127 Å². The lowest BCUT2D eigenvalue weighted by Crippen LogP contribution is -2.07. The summed E-state index contributed by atoms with van der Waals surface area (Å²) in [6.45, 7) is 3.76. The average Bonchev–Trinajstić information content (AvgIpc) is 2.41. The molecule has 0 fully saturated rings. The van der Waals surface area contributed by atoms with Gasteiger partial charge in [0, 0.05) is 22.3 Å². The predicted octanol–water partition coefficient (Wildman–Crippen LogP) is 5.08. The molecule has 0 aromatic heterocycles. The van der Waals surface area contributed by atoms with E-state index in [1.807, 2.05) is 31.2 Å². The van der Waals surface area contributed by atoms with E-state index in [2.05, 4.69) is 21.2 Å². The quantitative estimate of drug-likeness (QED) is 0.840. The van der Waals surface area contributed by atoms with Crippen LogP contribution >= 0.6 is 15.9 Å². The first-order valence-corrected chi connectivity index (χ1v) is 7.16. The van der Waals surface area contributed by atoms with Crippen molar-refractivity contribution >= 4 is 21.6 Å². The van der Waals surface area contributed by atoms with E-state index in [0.717, 1.165) is 21.5 Å². The van der Waals surface area contributed by atoms with Gasteiger partial charge in [-0.2, -0.15) is 0 Å². The van der Waals surface area contributed by atoms with Crippen molar-refractivity contribution in [3.05, 3.63) is 57.8 Å². The minimum atomic E-state index is -0.178. The maximum Gasteiger partial charge on any atom is 0.126 e. The molecule has 2 aromatic carbocycles. The second-order valence-corrected chi connectivity index (χ2v) is 5.67. The van der Waals surface area contributed by atoms with E-state index in [9.17, 15) is 4.39 Å². The first-order chi connectivity index (χ1) is 9.49. The normalized spacial score (nSPS) is 12.1. The molecule has 0 aliphatic carbocycles. The zero-order chi connectivity index (χ0) is 14.7. The Morgan fingerprint density at radius 3 is 2.60 bits per heavy atom. The highest BCUT2D eigenvalue weighted by Gasteiger charge is 2.09. The van der Waals surface area contributed by atoms with Crippen molar-refractivity contribution in [2.75, 3.05) is 12.4 Å². The zero-order valence-corrected chi connectivity index (χ0v) is 13.3. The number of hydrogen-bond acceptors (Lipinski definition) is 2. The molecule has 0 aliphatic heterocycles. The van der Waals surface area contributed by atoms with Gasteiger partial charge in [0.25, 0.3) is 0 Å². The molecular formula is C16H17BrFNO. The second kappa shape index (κ2) is 6.27. The van der Waals surface area contributed by atoms with Crippen LogP contribution in [0.1, 0.15) is 24.1 Å². The van der Waals surface area contributed by atoms with E-state index in [1.165, 1.54) is 0 Å². The van der Waals surface area contributed by atoms with Gasteiger partial charge in [-0.3, -0.25) is 0 Å². The third-order valence-corrected chi connectivity index (χ3v) is 3.64. The van der Waals surface area contributed by atoms with Crippen molar-refractivity contribution in [1.82, 2.24) is 0 Å². The predicted molar refractivity (Wildman–Crippen MR) is 83.9 cm³/mol. The molecule has 106 valence electrons. The van der Waals surface area contributed by atoms with Crippen LogP contribution in [0.3, 0.4) is 0 Å². The van der Waals surface area contributed by atoms with Gasteiger partial charge in [-0.15, -0.1) is 0 Å². The van der Waals surface area contributed by atoms with Crippen LogP contribution in [0.5, 0.6) is 5.75 Å². The van der Waals surface area contributed by atoms with E-state index in [1.54, 1.807) is 26.2 Å². The van der Waals surface area contributed by atoms with Crippen molar-refractivity contribution in [3.63, 3.8) is 0 Å². The number of benzene rings is 2. The molecule has 1 atom stereocenters. The lowest BCUT2D eigenvalue weighted by Gasteiger charge is -2.17. The van der Waals surface area contributed by atoms with Gasteiger partial charge in [0.15, 0.2) is 0 Å². The van der Waals surface area contributed by atoms with Gasteiger partial charge in [-0.25, -0.2) is 4.39 Å². The molecule has 0 saturated carbocycles. The largest absolute Gasteiger partial charge is 0.497 e. The van der Waals surface area contributed by atoms with Crippen LogP contribution in [-0.2, 0) is 0 Å². The molecule has 0 bridgehead atoms. The highest BCUT2D eigenvalue weighted by Crippen LogP contribution is 2.27. The molecule has 0 heterocycles. The Kier molecular flexibility index (Phi) is 4.65. The molecule has 0 saturated heterocycles. The van der Waals surface area contributed by atoms with Crippen LogP contribution in [0.4, 0.5) is 10.1 Å². The Morgan fingerprint density at radius 1 is 1.20 bits per heavy atom. The van der Waals surface area contributed by atoms with Crippen LogP contribution in [0.25, 0.3) is 0 Å². The fraction of sp³-hybridized carbons (Fsp3) is 0.250. The number of aryl methyl sites for hydroxylation is 1. The second-order valence-electron chi connectivity index (χ2n) is 4.75. The molecule has 20 heavy (non-hydrogen) atoms. The average molecular weight is 338 g/mol. The van der Waals surface area contributed by atoms with Gasteiger partial charge < -0.3 is 10.1 Å². The number of rotatable bonds is 4. The summed E-state index contributed by atoms with van der Waals surface area (Å²) in [4.78, 5) is 0. The van der Waals surface area contributed by atoms with Crippen LogP contribution in [0.2, 0.25) is 0 Å². The number of halogens is 2. The summed E-state index contributed by atoms with van der Waals surface area (Å²) < 4.78 is 19.8. The lowest BCUT2D eigenvalue weighted by atomic mass is 10.1. The fourth-order valence-electron chi connectivity index (χ4n) is 1.98. The first kappa shape index (κ1) is 14.9. The van der Waals surface area contributed by atoms with E-state index in [0.29, 0.717) is 5.56 Å². The highest BCUT2D eigenvalue weighted by molar-refractivity contribution is 9.10. The Hall–Kier alpha value is -1.55. The minimum Gasteiger partial charge on any atom is -0.497 e. The molecule has 0 spiro atoms. The summed E-state index contributed by atoms with van der Waals surface area (Å²) in [5.74, 6) is 0.590. The Balaban J connectivity index is 2.20. The van der Waals surface area contributed by atoms with Crippen molar-refractivity contribution < 1.29 is 9.13 Å². The summed E-state index contributed by atoms with van der Waals surface area (Å²) in [5.41, 5.74) is 2.49. The molecule has 1 unspecified atom stereocenters. The topological polar surface area (TPSA) is 21.3 Å². The monoisotopic (exact) mass is 337 g/mol. The van der Waals surface area contributed by atoms with E-state index in [-0.39, 0.29) is 11.9 Å². The third kappa shape index (κ3) is 3.51. The SMILES string of the molecule is COc1cc(Br)cc(NC(C)c2ccc(C)c(F)c2)c1. The van der Waals surface area contributed by atoms with Crippen LogP contribution in [0, 0.1) is 12.7 Å². The summed E-state index contributed by atoms with van der Waals surface area (Å²) in [6, 6.07) is 11.1. The number of hydrogen-bond donors (Lipinski definition) is 1. The van der Waals surface area contributed by atoms with Crippen molar-refractivity contribution in [2.45, 2.75) is 19.9 Å². The summed E-state index contributed by atoms with van der Waals surface area (Å²) >= 11 is 3.44. The van der Waals surface area contributed by atoms with Crippen LogP contribution < -0.4 is 10.1 Å². The third-order valence-electron chi connectivity index (χ3n) is 3.19. The van der Waals surface area contributed by atoms with E-state index < -0.39 is 0 Å². The maximum atomic E-state index is 13.6. The summed E-state index contributed by atoms with van der Waals surface area (Å²) in [6.07, 6.45) is 0. The van der Waals surface area contributed by atoms with Crippen molar-refractivity contribution in [3.8, 4) is 5.75 Å². The molecule has 1 N–H and O–H groups in total. The maximum absolute atomic E-state index is 13.6. The van der Waals surface area contributed by atoms with Gasteiger partial charge in [-0.1, -0.05) is 28.1 Å². The van der Waals surface area contributed by atoms with Crippen LogP contribution in [0.15, 0.2) is 40.9 Å². The van der Waals surface area contributed by atoms with E-state index in [4.69, 9.17) is 4.74 Å². The minimum absolute atomic E-state index is 0.00380. The van der Waals surface area contributed by atoms with Crippen LogP contribution in [-0.4, -0.2) is 7.11 Å². The molecule has 0 amide bonds. The summed E-state index contributed by atoms with van der Waals surface area (Å²) in [7, 11) is 1.63. The molecule has 2 aromatic rings. The number of methoxy groups -OCH3 is 1. The smallest absolute Gasteiger partial charge is 0.126 e. The van der Waals surface area contributed by atoms with Crippen molar-refractivity contribution in [2.24, 2.45) is 0 Å². The first-order valence-electron chi connectivity index (χ1n) is 6.37. The molecule has 2 nitrogen and oxygen atoms in total. The number of nitrogens with one attached hydrogen (secondary N) is 1. The van der Waals surface area contributed by atoms with Gasteiger partial charge in [-0.05, 0) is 43.2 Å². The van der Waals surface area contributed by atoms with E-state index >= 15 is 0 Å². The number of ether oxygens (including phenoxy) is 1. The zero-order valence-electron chi connectivity index (χ0n) is 11.7. The molecular weight excluding hydrogens is 321 g/mol. The molecule has 4 heteroatoms. The Bertz CT molecular complexity index is 615. The van der Waals surface area contributed by atoms with Gasteiger partial charge in [0.2, 0.25) is 0 Å². The lowest BCUT2D eigenvalue weighted by molar-refractivity contribution is 0.414. The van der Waals surface area contributed by atoms with Gasteiger partial charge in [0.05, 0.1) is 7.11 Å². The molecule has 0 radical (unpaired) electrons. The highest BCUT2D eigenvalue weighted by atomic mass is 79.9. The molecule has 2 rings (SSSR count). The van der Waals surface area contributed by atoms with Gasteiger partial charge in [0.1, 0.15) is 11.6 Å². The van der Waals surface area contributed by atoms with Crippen molar-refractivity contribution in [1.29, 1.82) is 0 Å². The standard InChI is InChI=1S/C16H17BrFNO/c1-10-4-5-12(6-16(10)18)11(2)19-14-7-13(17)8-15(9-14)20-3/h4-9,11,19H,1-3H3. The number of anilines is 1. The van der Waals surface area contributed by atoms with Gasteiger partial charge >= 0.3 is 0 Å². The molecule has 0 aliphatic rings. The Morgan fingerprint density at radius 2 is 1.95 bits per heavy atom. The fourth-order valence-corrected chi connectivity index (χ4v) is 2.45. The summed E-state index contributed by atoms with van der Waals surface area (Å²) in [5, 5.41) is 3.34.